The average molecular weight is 232 g/mol. The maximum atomic E-state index is 3.67. The van der Waals surface area contributed by atoms with Gasteiger partial charge in [0.25, 0.3) is 0 Å². The molecule has 1 saturated carbocycles. The lowest BCUT2D eigenvalue weighted by atomic mass is 9.87. The van der Waals surface area contributed by atoms with Gasteiger partial charge in [-0.1, -0.05) is 13.0 Å². The second-order valence-corrected chi connectivity index (χ2v) is 5.55. The Kier molecular flexibility index (Phi) is 3.93. The topological polar surface area (TPSA) is 15.3 Å². The Labute approximate surface area is 105 Å². The van der Waals surface area contributed by atoms with Crippen LogP contribution in [0.4, 0.5) is 11.4 Å². The molecule has 0 aliphatic heterocycles. The van der Waals surface area contributed by atoms with Crippen molar-refractivity contribution in [3.05, 3.63) is 24.3 Å². The molecular weight excluding hydrogens is 208 g/mol. The van der Waals surface area contributed by atoms with Gasteiger partial charge in [-0.15, -0.1) is 0 Å². The lowest BCUT2D eigenvalue weighted by Gasteiger charge is -2.28. The summed E-state index contributed by atoms with van der Waals surface area (Å²) in [7, 11) is 4.17. The molecule has 0 saturated heterocycles. The maximum Gasteiger partial charge on any atom is 0.0381 e. The summed E-state index contributed by atoms with van der Waals surface area (Å²) >= 11 is 0. The fourth-order valence-corrected chi connectivity index (χ4v) is 2.51. The Hall–Kier alpha value is -1.18. The third-order valence-electron chi connectivity index (χ3n) is 3.75. The third kappa shape index (κ3) is 3.39. The zero-order valence-corrected chi connectivity index (χ0v) is 11.2. The number of anilines is 2. The van der Waals surface area contributed by atoms with Crippen LogP contribution in [0.15, 0.2) is 24.3 Å². The third-order valence-corrected chi connectivity index (χ3v) is 3.75. The van der Waals surface area contributed by atoms with Crippen molar-refractivity contribution in [1.29, 1.82) is 0 Å². The van der Waals surface area contributed by atoms with E-state index in [9.17, 15) is 0 Å². The SMILES string of the molecule is CC1CCC(Nc2cccc(N(C)C)c2)CC1. The van der Waals surface area contributed by atoms with Crippen molar-refractivity contribution < 1.29 is 0 Å². The number of nitrogens with one attached hydrogen (secondary N) is 1. The molecule has 1 fully saturated rings. The molecule has 1 N–H and O–H groups in total. The molecule has 94 valence electrons. The highest BCUT2D eigenvalue weighted by atomic mass is 15.1. The van der Waals surface area contributed by atoms with E-state index in [1.807, 2.05) is 0 Å². The number of rotatable bonds is 3. The van der Waals surface area contributed by atoms with E-state index >= 15 is 0 Å². The minimum Gasteiger partial charge on any atom is -0.382 e. The maximum absolute atomic E-state index is 3.67. The van der Waals surface area contributed by atoms with Crippen LogP contribution in [0.2, 0.25) is 0 Å². The van der Waals surface area contributed by atoms with Gasteiger partial charge in [0.05, 0.1) is 0 Å². The van der Waals surface area contributed by atoms with Crippen LogP contribution in [0.25, 0.3) is 0 Å². The van der Waals surface area contributed by atoms with Crippen LogP contribution < -0.4 is 10.2 Å². The van der Waals surface area contributed by atoms with Gasteiger partial charge in [0.2, 0.25) is 0 Å². The molecule has 17 heavy (non-hydrogen) atoms. The first-order valence-electron chi connectivity index (χ1n) is 6.69. The van der Waals surface area contributed by atoms with E-state index in [4.69, 9.17) is 0 Å². The van der Waals surface area contributed by atoms with Gasteiger partial charge >= 0.3 is 0 Å². The summed E-state index contributed by atoms with van der Waals surface area (Å²) in [5.41, 5.74) is 2.52. The summed E-state index contributed by atoms with van der Waals surface area (Å²) < 4.78 is 0. The molecule has 0 heterocycles. The summed E-state index contributed by atoms with van der Waals surface area (Å²) in [6.07, 6.45) is 5.36. The highest BCUT2D eigenvalue weighted by molar-refractivity contribution is 5.57. The Balaban J connectivity index is 1.96. The van der Waals surface area contributed by atoms with Crippen molar-refractivity contribution in [2.24, 2.45) is 5.92 Å². The molecule has 1 aromatic carbocycles. The van der Waals surface area contributed by atoms with Crippen molar-refractivity contribution in [3.63, 3.8) is 0 Å². The van der Waals surface area contributed by atoms with Crippen LogP contribution in [-0.2, 0) is 0 Å². The normalized spacial score (nSPS) is 24.4. The van der Waals surface area contributed by atoms with E-state index in [1.54, 1.807) is 0 Å². The monoisotopic (exact) mass is 232 g/mol. The molecule has 1 aromatic rings. The first-order chi connectivity index (χ1) is 8.15. The molecule has 0 bridgehead atoms. The van der Waals surface area contributed by atoms with Gasteiger partial charge < -0.3 is 10.2 Å². The van der Waals surface area contributed by atoms with Crippen LogP contribution in [0, 0.1) is 5.92 Å². The largest absolute Gasteiger partial charge is 0.382 e. The molecule has 1 aliphatic rings. The van der Waals surface area contributed by atoms with Gasteiger partial charge in [0, 0.05) is 31.5 Å². The molecule has 1 aliphatic carbocycles. The Morgan fingerprint density at radius 1 is 1.12 bits per heavy atom. The number of benzene rings is 1. The minimum atomic E-state index is 0.670. The smallest absolute Gasteiger partial charge is 0.0381 e. The standard InChI is InChI=1S/C15H24N2/c1-12-7-9-13(10-8-12)16-14-5-4-6-15(11-14)17(2)3/h4-6,11-13,16H,7-10H2,1-3H3. The molecule has 0 aromatic heterocycles. The van der Waals surface area contributed by atoms with E-state index < -0.39 is 0 Å². The number of hydrogen-bond acceptors (Lipinski definition) is 2. The quantitative estimate of drug-likeness (QED) is 0.854. The highest BCUT2D eigenvalue weighted by Crippen LogP contribution is 2.27. The Morgan fingerprint density at radius 3 is 2.47 bits per heavy atom. The van der Waals surface area contributed by atoms with Crippen LogP contribution in [0.1, 0.15) is 32.6 Å². The van der Waals surface area contributed by atoms with Gasteiger partial charge in [0.15, 0.2) is 0 Å². The summed E-state index contributed by atoms with van der Waals surface area (Å²) in [4.78, 5) is 2.15. The molecule has 0 unspecified atom stereocenters. The van der Waals surface area contributed by atoms with Gasteiger partial charge in [-0.25, -0.2) is 0 Å². The number of nitrogens with zero attached hydrogens (tertiary/aromatic N) is 1. The lowest BCUT2D eigenvalue weighted by molar-refractivity contribution is 0.361. The number of hydrogen-bond donors (Lipinski definition) is 1. The van der Waals surface area contributed by atoms with Crippen molar-refractivity contribution in [2.45, 2.75) is 38.6 Å². The van der Waals surface area contributed by atoms with Crippen molar-refractivity contribution in [1.82, 2.24) is 0 Å². The van der Waals surface area contributed by atoms with Gasteiger partial charge in [0.1, 0.15) is 0 Å². The van der Waals surface area contributed by atoms with E-state index in [0.717, 1.165) is 5.92 Å². The van der Waals surface area contributed by atoms with Gasteiger partial charge in [-0.2, -0.15) is 0 Å². The lowest BCUT2D eigenvalue weighted by Crippen LogP contribution is -2.25. The van der Waals surface area contributed by atoms with Crippen LogP contribution in [0.3, 0.4) is 0 Å². The zero-order valence-electron chi connectivity index (χ0n) is 11.2. The summed E-state index contributed by atoms with van der Waals surface area (Å²) in [5.74, 6) is 0.918. The fourth-order valence-electron chi connectivity index (χ4n) is 2.51. The van der Waals surface area contributed by atoms with E-state index in [-0.39, 0.29) is 0 Å². The molecule has 0 radical (unpaired) electrons. The summed E-state index contributed by atoms with van der Waals surface area (Å²) in [5, 5.41) is 3.67. The molecule has 2 rings (SSSR count). The molecular formula is C15H24N2. The van der Waals surface area contributed by atoms with Crippen molar-refractivity contribution >= 4 is 11.4 Å². The zero-order chi connectivity index (χ0) is 12.3. The summed E-state index contributed by atoms with van der Waals surface area (Å²) in [6.45, 7) is 2.36. The minimum absolute atomic E-state index is 0.670. The van der Waals surface area contributed by atoms with Crippen LogP contribution in [-0.4, -0.2) is 20.1 Å². The Morgan fingerprint density at radius 2 is 1.82 bits per heavy atom. The van der Waals surface area contributed by atoms with Crippen molar-refractivity contribution in [3.8, 4) is 0 Å². The van der Waals surface area contributed by atoms with E-state index in [2.05, 4.69) is 55.5 Å². The fraction of sp³-hybridized carbons (Fsp3) is 0.600. The second-order valence-electron chi connectivity index (χ2n) is 5.55. The molecule has 0 atom stereocenters. The first kappa shape index (κ1) is 12.3. The molecule has 2 nitrogen and oxygen atoms in total. The van der Waals surface area contributed by atoms with Gasteiger partial charge in [-0.05, 0) is 49.8 Å². The predicted molar refractivity (Wildman–Crippen MR) is 75.8 cm³/mol. The Bertz CT molecular complexity index is 352. The highest BCUT2D eigenvalue weighted by Gasteiger charge is 2.17. The first-order valence-corrected chi connectivity index (χ1v) is 6.69. The van der Waals surface area contributed by atoms with E-state index in [0.29, 0.717) is 6.04 Å². The second kappa shape index (κ2) is 5.44. The summed E-state index contributed by atoms with van der Waals surface area (Å²) in [6, 6.07) is 9.35. The predicted octanol–water partition coefficient (Wildman–Crippen LogP) is 3.74. The average Bonchev–Trinajstić information content (AvgIpc) is 2.32. The van der Waals surface area contributed by atoms with Crippen LogP contribution in [0.5, 0.6) is 0 Å². The van der Waals surface area contributed by atoms with Crippen LogP contribution >= 0.6 is 0 Å². The molecule has 0 spiro atoms. The van der Waals surface area contributed by atoms with E-state index in [1.165, 1.54) is 37.1 Å². The van der Waals surface area contributed by atoms with Gasteiger partial charge in [-0.3, -0.25) is 0 Å². The van der Waals surface area contributed by atoms with Crippen molar-refractivity contribution in [2.75, 3.05) is 24.3 Å². The molecule has 2 heteroatoms. The molecule has 0 amide bonds.